The van der Waals surface area contributed by atoms with Crippen LogP contribution in [0.3, 0.4) is 0 Å². The van der Waals surface area contributed by atoms with Gasteiger partial charge in [-0.25, -0.2) is 0 Å². The van der Waals surface area contributed by atoms with Crippen LogP contribution in [-0.4, -0.2) is 24.5 Å². The average molecular weight is 228 g/mol. The van der Waals surface area contributed by atoms with E-state index >= 15 is 0 Å². The van der Waals surface area contributed by atoms with Gasteiger partial charge in [-0.3, -0.25) is 0 Å². The Morgan fingerprint density at radius 3 is 2.91 bits per heavy atom. The fourth-order valence-electron chi connectivity index (χ4n) is 1.54. The molecule has 1 heterocycles. The van der Waals surface area contributed by atoms with Crippen LogP contribution >= 0.6 is 0 Å². The minimum absolute atomic E-state index is 0. The molecular formula is C9H17NY-2. The van der Waals surface area contributed by atoms with E-state index in [1.807, 2.05) is 0 Å². The molecule has 0 aromatic carbocycles. The van der Waals surface area contributed by atoms with Crippen LogP contribution in [0.15, 0.2) is 0 Å². The smallest absolute Gasteiger partial charge is 0 e. The molecule has 1 fully saturated rings. The van der Waals surface area contributed by atoms with Gasteiger partial charge in [0.25, 0.3) is 0 Å². The van der Waals surface area contributed by atoms with Crippen molar-refractivity contribution in [1.29, 1.82) is 0 Å². The molecule has 0 aromatic rings. The minimum atomic E-state index is 0. The van der Waals surface area contributed by atoms with Crippen LogP contribution < -0.4 is 0 Å². The number of hydrogen-bond donors (Lipinski definition) is 0. The molecule has 1 nitrogen and oxygen atoms in total. The van der Waals surface area contributed by atoms with Crippen molar-refractivity contribution in [3.8, 4) is 0 Å². The molecule has 1 unspecified atom stereocenters. The molecule has 1 atom stereocenters. The first-order chi connectivity index (χ1) is 4.84. The van der Waals surface area contributed by atoms with Gasteiger partial charge in [0.1, 0.15) is 0 Å². The first-order valence-electron chi connectivity index (χ1n) is 4.17. The van der Waals surface area contributed by atoms with Gasteiger partial charge in [-0.05, 0) is 13.6 Å². The fourth-order valence-corrected chi connectivity index (χ4v) is 1.54. The van der Waals surface area contributed by atoms with Crippen molar-refractivity contribution in [2.45, 2.75) is 31.7 Å². The van der Waals surface area contributed by atoms with Crippen molar-refractivity contribution in [2.24, 2.45) is 0 Å². The first-order valence-corrected chi connectivity index (χ1v) is 4.17. The van der Waals surface area contributed by atoms with Crippen molar-refractivity contribution < 1.29 is 32.7 Å². The number of hydrogen-bond acceptors (Lipinski definition) is 1. The Balaban J connectivity index is 0.000001000. The molecule has 2 heteroatoms. The van der Waals surface area contributed by atoms with Crippen molar-refractivity contribution in [1.82, 2.24) is 4.90 Å². The maximum absolute atomic E-state index is 3.87. The third kappa shape index (κ3) is 4.01. The molecule has 0 bridgehead atoms. The molecule has 0 saturated carbocycles. The van der Waals surface area contributed by atoms with Crippen molar-refractivity contribution in [3.05, 3.63) is 13.3 Å². The van der Waals surface area contributed by atoms with E-state index < -0.39 is 0 Å². The van der Waals surface area contributed by atoms with Crippen LogP contribution in [0, 0.1) is 13.3 Å². The second-order valence-electron chi connectivity index (χ2n) is 3.07. The molecule has 0 aliphatic carbocycles. The topological polar surface area (TPSA) is 3.24 Å². The van der Waals surface area contributed by atoms with Crippen LogP contribution in [0.5, 0.6) is 0 Å². The van der Waals surface area contributed by atoms with Crippen LogP contribution in [0.25, 0.3) is 0 Å². The summed E-state index contributed by atoms with van der Waals surface area (Å²) in [5.41, 5.74) is 0. The monoisotopic (exact) mass is 228 g/mol. The SMILES string of the molecule is [CH2-]CCC1[CH-]CCCN1C.[Y]. The zero-order valence-electron chi connectivity index (χ0n) is 7.42. The summed E-state index contributed by atoms with van der Waals surface area (Å²) in [7, 11) is 2.20. The summed E-state index contributed by atoms with van der Waals surface area (Å²) in [5, 5.41) is 0. The van der Waals surface area contributed by atoms with Gasteiger partial charge in [0.05, 0.1) is 0 Å². The summed E-state index contributed by atoms with van der Waals surface area (Å²) >= 11 is 0. The maximum Gasteiger partial charge on any atom is 0 e. The molecule has 1 rings (SSSR count). The molecular weight excluding hydrogens is 211 g/mol. The van der Waals surface area contributed by atoms with Crippen LogP contribution in [-0.2, 0) is 32.7 Å². The number of likely N-dealkylation sites (tertiary alicyclic amines) is 1. The quantitative estimate of drug-likeness (QED) is 0.652. The maximum atomic E-state index is 3.87. The molecule has 1 saturated heterocycles. The average Bonchev–Trinajstić information content (AvgIpc) is 1.94. The van der Waals surface area contributed by atoms with Crippen molar-refractivity contribution in [3.63, 3.8) is 0 Å². The minimum Gasteiger partial charge on any atom is -0.343 e. The third-order valence-electron chi connectivity index (χ3n) is 2.22. The van der Waals surface area contributed by atoms with E-state index in [-0.39, 0.29) is 32.7 Å². The van der Waals surface area contributed by atoms with E-state index in [0.717, 1.165) is 6.42 Å². The second kappa shape index (κ2) is 6.57. The van der Waals surface area contributed by atoms with Gasteiger partial charge < -0.3 is 18.2 Å². The van der Waals surface area contributed by atoms with E-state index in [0.29, 0.717) is 6.04 Å². The first kappa shape index (κ1) is 12.1. The molecule has 0 amide bonds. The number of nitrogens with zero attached hydrogens (tertiary/aromatic N) is 1. The molecule has 1 radical (unpaired) electrons. The Labute approximate surface area is 95.8 Å². The molecule has 1 aliphatic heterocycles. The van der Waals surface area contributed by atoms with E-state index in [4.69, 9.17) is 0 Å². The molecule has 0 N–H and O–H groups in total. The van der Waals surface area contributed by atoms with Crippen LogP contribution in [0.2, 0.25) is 0 Å². The van der Waals surface area contributed by atoms with Crippen LogP contribution in [0.4, 0.5) is 0 Å². The van der Waals surface area contributed by atoms with Gasteiger partial charge in [-0.1, -0.05) is 12.8 Å². The van der Waals surface area contributed by atoms with Gasteiger partial charge >= 0.3 is 0 Å². The molecule has 11 heavy (non-hydrogen) atoms. The number of piperidine rings is 1. The Hall–Kier alpha value is 1.06. The summed E-state index contributed by atoms with van der Waals surface area (Å²) in [5.74, 6) is 0. The summed E-state index contributed by atoms with van der Waals surface area (Å²) in [6, 6.07) is 0.714. The molecule has 63 valence electrons. The third-order valence-corrected chi connectivity index (χ3v) is 2.22. The predicted molar refractivity (Wildman–Crippen MR) is 44.5 cm³/mol. The Morgan fingerprint density at radius 2 is 2.36 bits per heavy atom. The van der Waals surface area contributed by atoms with E-state index in [9.17, 15) is 0 Å². The zero-order chi connectivity index (χ0) is 7.40. The van der Waals surface area contributed by atoms with Gasteiger partial charge in [0, 0.05) is 32.7 Å². The summed E-state index contributed by atoms with van der Waals surface area (Å²) in [6.07, 6.45) is 7.36. The van der Waals surface area contributed by atoms with Gasteiger partial charge in [-0.15, -0.1) is 6.04 Å². The fraction of sp³-hybridized carbons (Fsp3) is 0.778. The summed E-state index contributed by atoms with van der Waals surface area (Å²) < 4.78 is 0. The van der Waals surface area contributed by atoms with Gasteiger partial charge in [0.2, 0.25) is 0 Å². The number of rotatable bonds is 2. The van der Waals surface area contributed by atoms with E-state index in [1.165, 1.54) is 25.8 Å². The molecule has 1 aliphatic rings. The van der Waals surface area contributed by atoms with Gasteiger partial charge in [-0.2, -0.15) is 12.8 Å². The molecule has 0 spiro atoms. The largest absolute Gasteiger partial charge is 0.343 e. The van der Waals surface area contributed by atoms with Crippen molar-refractivity contribution >= 4 is 0 Å². The normalized spacial score (nSPS) is 26.2. The standard InChI is InChI=1S/C9H17N.Y/c1-3-6-9-7-4-5-8-10(9)2;/h7,9H,1,3-6,8H2,2H3;/q-2;. The summed E-state index contributed by atoms with van der Waals surface area (Å²) in [6.45, 7) is 5.13. The van der Waals surface area contributed by atoms with Crippen molar-refractivity contribution in [2.75, 3.05) is 13.6 Å². The Bertz CT molecular complexity index is 93.6. The van der Waals surface area contributed by atoms with E-state index in [1.54, 1.807) is 0 Å². The predicted octanol–water partition coefficient (Wildman–Crippen LogP) is 1.90. The zero-order valence-corrected chi connectivity index (χ0v) is 10.3. The van der Waals surface area contributed by atoms with Gasteiger partial charge in [0.15, 0.2) is 0 Å². The van der Waals surface area contributed by atoms with Crippen LogP contribution in [0.1, 0.15) is 25.7 Å². The Kier molecular flexibility index (Phi) is 7.20. The Morgan fingerprint density at radius 1 is 1.64 bits per heavy atom. The molecule has 0 aromatic heterocycles. The second-order valence-corrected chi connectivity index (χ2v) is 3.07. The summed E-state index contributed by atoms with van der Waals surface area (Å²) in [4.78, 5) is 2.43. The van der Waals surface area contributed by atoms with E-state index in [2.05, 4.69) is 25.3 Å².